The van der Waals surface area contributed by atoms with Crippen molar-refractivity contribution in [2.45, 2.75) is 12.2 Å². The molecule has 0 fully saturated rings. The van der Waals surface area contributed by atoms with Crippen LogP contribution in [0.1, 0.15) is 0 Å². The summed E-state index contributed by atoms with van der Waals surface area (Å²) in [7, 11) is 0. The van der Waals surface area contributed by atoms with E-state index in [1.54, 1.807) is 0 Å². The van der Waals surface area contributed by atoms with Crippen LogP contribution in [0.2, 0.25) is 0 Å². The van der Waals surface area contributed by atoms with Gasteiger partial charge in [-0.25, -0.2) is 9.59 Å². The molecule has 0 bridgehead atoms. The maximum absolute atomic E-state index is 9.77. The van der Waals surface area contributed by atoms with Crippen LogP contribution in [0.3, 0.4) is 0 Å². The Morgan fingerprint density at radius 2 is 1.00 bits per heavy atom. The number of carboxylic acid groups (broad SMARTS) is 2. The van der Waals surface area contributed by atoms with E-state index in [2.05, 4.69) is 0 Å². The van der Waals surface area contributed by atoms with Crippen molar-refractivity contribution in [2.75, 3.05) is 0 Å². The molecule has 0 aliphatic carbocycles. The van der Waals surface area contributed by atoms with Gasteiger partial charge in [-0.1, -0.05) is 0 Å². The third kappa shape index (κ3) is 8.74. The Kier molecular flexibility index (Phi) is 18.8. The molecule has 0 aromatic heterocycles. The first-order chi connectivity index (χ1) is 4.46. The first-order valence-corrected chi connectivity index (χ1v) is 2.28. The number of aliphatic hydroxyl groups is 2. The zero-order valence-corrected chi connectivity index (χ0v) is 5.76. The summed E-state index contributed by atoms with van der Waals surface area (Å²) in [6.07, 6.45) is -4.53. The van der Waals surface area contributed by atoms with Gasteiger partial charge < -0.3 is 31.4 Å². The van der Waals surface area contributed by atoms with Gasteiger partial charge in [-0.15, -0.1) is 0 Å². The number of hydrogen-bond acceptors (Lipinski definition) is 4. The fourth-order valence-electron chi connectivity index (χ4n) is 0.270. The van der Waals surface area contributed by atoms with E-state index in [4.69, 9.17) is 20.4 Å². The maximum atomic E-state index is 9.77. The van der Waals surface area contributed by atoms with Crippen molar-refractivity contribution in [2.24, 2.45) is 0 Å². The summed E-state index contributed by atoms with van der Waals surface area (Å²) in [5.74, 6) is -3.54. The Labute approximate surface area is 115 Å². The van der Waals surface area contributed by atoms with Gasteiger partial charge in [0.05, 0.1) is 0 Å². The van der Waals surface area contributed by atoms with Crippen molar-refractivity contribution in [1.29, 1.82) is 0 Å². The molecule has 0 saturated carbocycles. The fraction of sp³-hybridized carbons (Fsp3) is 0.500. The monoisotopic (exact) mass is 226 g/mol. The van der Waals surface area contributed by atoms with E-state index in [1.165, 1.54) is 0 Å². The molecule has 0 aromatic carbocycles. The summed E-state index contributed by atoms with van der Waals surface area (Å²) >= 11 is 0. The molecule has 8 nitrogen and oxygen atoms in total. The van der Waals surface area contributed by atoms with Crippen LogP contribution < -0.4 is 0 Å². The summed E-state index contributed by atoms with van der Waals surface area (Å²) < 4.78 is 0. The second kappa shape index (κ2) is 10.5. The molecule has 0 aliphatic rings. The quantitative estimate of drug-likeness (QED) is 0.352. The van der Waals surface area contributed by atoms with Gasteiger partial charge >= 0.3 is 63.3 Å². The molecule has 9 heteroatoms. The van der Waals surface area contributed by atoms with E-state index in [0.717, 1.165) is 0 Å². The minimum atomic E-state index is -2.27. The summed E-state index contributed by atoms with van der Waals surface area (Å²) in [4.78, 5) is 19.5. The summed E-state index contributed by atoms with van der Waals surface area (Å²) in [6, 6.07) is 0. The number of rotatable bonds is 3. The van der Waals surface area contributed by atoms with Gasteiger partial charge in [0.25, 0.3) is 0 Å². The van der Waals surface area contributed by atoms with Crippen molar-refractivity contribution in [3.8, 4) is 0 Å². The van der Waals surface area contributed by atoms with E-state index in [1.807, 2.05) is 0 Å². The zero-order valence-electron chi connectivity index (χ0n) is 5.76. The molecule has 2 atom stereocenters. The van der Waals surface area contributed by atoms with Gasteiger partial charge in [0.15, 0.2) is 12.2 Å². The molecule has 0 radical (unpaired) electrons. The number of carbonyl (C=O) groups is 2. The average molecular weight is 226 g/mol. The Morgan fingerprint density at radius 3 is 1.08 bits per heavy atom. The SMILES string of the molecule is O.O.O=C(O)C(O)C(O)C(=O)O.[KH]. The van der Waals surface area contributed by atoms with E-state index in [0.29, 0.717) is 0 Å². The Morgan fingerprint density at radius 1 is 0.846 bits per heavy atom. The molecule has 0 saturated heterocycles. The molecule has 0 aromatic rings. The summed E-state index contributed by atoms with van der Waals surface area (Å²) in [6.45, 7) is 0. The standard InChI is InChI=1S/C4H6O6.K.2H2O.H/c5-1(3(7)8)2(6)4(9)10;;;;/h1-2,5-6H,(H,7,8)(H,9,10);;2*1H2;. The molecule has 13 heavy (non-hydrogen) atoms. The molecular weight excluding hydrogens is 215 g/mol. The molecule has 0 aliphatic heterocycles. The van der Waals surface area contributed by atoms with E-state index in [-0.39, 0.29) is 62.3 Å². The number of aliphatic carboxylic acids is 2. The molecule has 8 N–H and O–H groups in total. The molecule has 2 unspecified atom stereocenters. The molecule has 0 heterocycles. The summed E-state index contributed by atoms with van der Waals surface area (Å²) in [5, 5.41) is 32.5. The number of carboxylic acids is 2. The van der Waals surface area contributed by atoms with Crippen molar-refractivity contribution in [3.63, 3.8) is 0 Å². The van der Waals surface area contributed by atoms with Crippen molar-refractivity contribution in [3.05, 3.63) is 0 Å². The first-order valence-electron chi connectivity index (χ1n) is 2.28. The van der Waals surface area contributed by atoms with Gasteiger partial charge in [0, 0.05) is 0 Å². The normalized spacial score (nSPS) is 12.2. The van der Waals surface area contributed by atoms with Crippen LogP contribution in [-0.2, 0) is 9.59 Å². The van der Waals surface area contributed by atoms with Crippen LogP contribution in [0.25, 0.3) is 0 Å². The Bertz CT molecular complexity index is 140. The molecule has 0 spiro atoms. The summed E-state index contributed by atoms with van der Waals surface area (Å²) in [5.41, 5.74) is 0. The van der Waals surface area contributed by atoms with Gasteiger partial charge in [-0.3, -0.25) is 0 Å². The van der Waals surface area contributed by atoms with Gasteiger partial charge in [-0.2, -0.15) is 0 Å². The van der Waals surface area contributed by atoms with Crippen LogP contribution >= 0.6 is 0 Å². The minimum absolute atomic E-state index is 0. The predicted molar refractivity (Wildman–Crippen MR) is 41.7 cm³/mol. The third-order valence-corrected chi connectivity index (χ3v) is 0.805. The predicted octanol–water partition coefficient (Wildman–Crippen LogP) is -4.42. The average Bonchev–Trinajstić information content (AvgIpc) is 1.84. The van der Waals surface area contributed by atoms with E-state index >= 15 is 0 Å². The van der Waals surface area contributed by atoms with Gasteiger partial charge in [0.2, 0.25) is 0 Å². The molecule has 76 valence electrons. The molecule has 0 rings (SSSR count). The second-order valence-electron chi connectivity index (χ2n) is 1.57. The van der Waals surface area contributed by atoms with Crippen LogP contribution in [0.15, 0.2) is 0 Å². The Balaban J connectivity index is -0.000000135. The topological polar surface area (TPSA) is 178 Å². The van der Waals surface area contributed by atoms with Crippen molar-refractivity contribution < 1.29 is 41.0 Å². The molecule has 0 amide bonds. The van der Waals surface area contributed by atoms with Crippen molar-refractivity contribution in [1.82, 2.24) is 0 Å². The van der Waals surface area contributed by atoms with Crippen LogP contribution in [0.4, 0.5) is 0 Å². The number of aliphatic hydroxyl groups excluding tert-OH is 2. The van der Waals surface area contributed by atoms with Crippen LogP contribution in [-0.4, -0.2) is 107 Å². The zero-order chi connectivity index (χ0) is 8.31. The number of hydrogen-bond donors (Lipinski definition) is 4. The van der Waals surface area contributed by atoms with E-state index < -0.39 is 24.1 Å². The van der Waals surface area contributed by atoms with Gasteiger partial charge in [0.1, 0.15) is 0 Å². The van der Waals surface area contributed by atoms with Crippen LogP contribution in [0, 0.1) is 0 Å². The van der Waals surface area contributed by atoms with E-state index in [9.17, 15) is 9.59 Å². The fourth-order valence-corrected chi connectivity index (χ4v) is 0.270. The van der Waals surface area contributed by atoms with Crippen molar-refractivity contribution >= 4 is 63.3 Å². The first kappa shape index (κ1) is 23.3. The third-order valence-electron chi connectivity index (χ3n) is 0.805. The Hall–Kier alpha value is 0.416. The second-order valence-corrected chi connectivity index (χ2v) is 1.57. The molecular formula is C4H11KO8. The van der Waals surface area contributed by atoms with Gasteiger partial charge in [-0.05, 0) is 0 Å². The van der Waals surface area contributed by atoms with Crippen LogP contribution in [0.5, 0.6) is 0 Å².